The lowest BCUT2D eigenvalue weighted by molar-refractivity contribution is -0.137. The van der Waals surface area contributed by atoms with Gasteiger partial charge in [-0.15, -0.1) is 0 Å². The summed E-state index contributed by atoms with van der Waals surface area (Å²) < 4.78 is 26.0. The van der Waals surface area contributed by atoms with Crippen molar-refractivity contribution in [2.45, 2.75) is 32.1 Å². The van der Waals surface area contributed by atoms with E-state index in [4.69, 9.17) is 9.47 Å². The third kappa shape index (κ3) is 7.07. The first kappa shape index (κ1) is 29.9. The molecule has 0 fully saturated rings. The number of carbonyl (C=O) groups excluding carboxylic acids is 3. The number of phenols is 1. The number of hydrogen-bond donors (Lipinski definition) is 3. The van der Waals surface area contributed by atoms with Crippen molar-refractivity contribution >= 4 is 17.7 Å². The van der Waals surface area contributed by atoms with Crippen molar-refractivity contribution in [3.8, 4) is 28.4 Å². The van der Waals surface area contributed by atoms with Gasteiger partial charge in [0.05, 0.1) is 18.6 Å². The SMILES string of the molecule is COc1cccc2c1OCC(C(=O)N1CCCNC(=O)c3cc(ccc3F)-c3cc(ccc3O)CCNC(=O)CCC1)C2. The van der Waals surface area contributed by atoms with Crippen LogP contribution in [-0.4, -0.2) is 67.6 Å². The molecule has 2 aliphatic rings. The minimum Gasteiger partial charge on any atom is -0.507 e. The molecule has 0 radical (unpaired) electrons. The molecule has 1 unspecified atom stereocenters. The zero-order valence-electron chi connectivity index (χ0n) is 24.2. The van der Waals surface area contributed by atoms with E-state index >= 15 is 0 Å². The number of halogens is 1. The molecular weight excluding hydrogens is 553 g/mol. The van der Waals surface area contributed by atoms with Gasteiger partial charge in [0.15, 0.2) is 11.5 Å². The van der Waals surface area contributed by atoms with Crippen molar-refractivity contribution in [3.05, 3.63) is 77.1 Å². The lowest BCUT2D eigenvalue weighted by Gasteiger charge is -2.31. The molecule has 2 aliphatic heterocycles. The second-order valence-electron chi connectivity index (χ2n) is 10.8. The number of rotatable bonds is 2. The van der Waals surface area contributed by atoms with E-state index in [1.807, 2.05) is 18.2 Å². The van der Waals surface area contributed by atoms with Crippen molar-refractivity contribution in [2.75, 3.05) is 39.9 Å². The monoisotopic (exact) mass is 589 g/mol. The number of ether oxygens (including phenoxy) is 2. The topological polar surface area (TPSA) is 117 Å². The van der Waals surface area contributed by atoms with Crippen LogP contribution >= 0.6 is 0 Å². The van der Waals surface area contributed by atoms with Crippen LogP contribution in [0, 0.1) is 11.7 Å². The van der Waals surface area contributed by atoms with E-state index in [2.05, 4.69) is 10.6 Å². The summed E-state index contributed by atoms with van der Waals surface area (Å²) in [6.45, 7) is 1.55. The Balaban J connectivity index is 1.32. The molecule has 5 rings (SSSR count). The van der Waals surface area contributed by atoms with Gasteiger partial charge in [-0.1, -0.05) is 24.3 Å². The first-order valence-electron chi connectivity index (χ1n) is 14.6. The third-order valence-corrected chi connectivity index (χ3v) is 7.88. The molecule has 1 atom stereocenters. The summed E-state index contributed by atoms with van der Waals surface area (Å²) in [5, 5.41) is 16.2. The molecule has 0 aromatic heterocycles. The Hall–Kier alpha value is -4.60. The molecule has 9 nitrogen and oxygen atoms in total. The lowest BCUT2D eigenvalue weighted by Crippen LogP contribution is -2.43. The predicted octanol–water partition coefficient (Wildman–Crippen LogP) is 3.86. The van der Waals surface area contributed by atoms with Crippen LogP contribution < -0.4 is 20.1 Å². The number of aromatic hydroxyl groups is 1. The Kier molecular flexibility index (Phi) is 9.44. The number of hydrogen-bond acceptors (Lipinski definition) is 6. The summed E-state index contributed by atoms with van der Waals surface area (Å²) in [6, 6.07) is 14.8. The molecule has 2 heterocycles. The Morgan fingerprint density at radius 3 is 2.67 bits per heavy atom. The number of fused-ring (bicyclic) bond motifs is 6. The van der Waals surface area contributed by atoms with Crippen LogP contribution in [0.25, 0.3) is 11.1 Å². The lowest BCUT2D eigenvalue weighted by atomic mass is 9.95. The van der Waals surface area contributed by atoms with Gasteiger partial charge in [0, 0.05) is 38.2 Å². The highest BCUT2D eigenvalue weighted by Crippen LogP contribution is 2.36. The Morgan fingerprint density at radius 1 is 1.00 bits per heavy atom. The summed E-state index contributed by atoms with van der Waals surface area (Å²) in [5.41, 5.74) is 2.60. The van der Waals surface area contributed by atoms with Gasteiger partial charge in [-0.25, -0.2) is 4.39 Å². The maximum Gasteiger partial charge on any atom is 0.254 e. The van der Waals surface area contributed by atoms with Gasteiger partial charge in [-0.05, 0) is 72.7 Å². The molecule has 0 spiro atoms. The van der Waals surface area contributed by atoms with Gasteiger partial charge in [-0.2, -0.15) is 0 Å². The van der Waals surface area contributed by atoms with Crippen molar-refractivity contribution in [1.82, 2.24) is 15.5 Å². The summed E-state index contributed by atoms with van der Waals surface area (Å²) in [6.07, 6.45) is 2.19. The summed E-state index contributed by atoms with van der Waals surface area (Å²) >= 11 is 0. The number of para-hydroxylation sites is 1. The summed E-state index contributed by atoms with van der Waals surface area (Å²) in [5.74, 6) is -0.542. The molecule has 226 valence electrons. The van der Waals surface area contributed by atoms with Gasteiger partial charge in [-0.3, -0.25) is 14.4 Å². The van der Waals surface area contributed by atoms with Crippen LogP contribution in [0.4, 0.5) is 4.39 Å². The molecule has 0 saturated heterocycles. The molecule has 3 aromatic carbocycles. The van der Waals surface area contributed by atoms with Crippen molar-refractivity contribution in [1.29, 1.82) is 0 Å². The standard InChI is InChI=1S/C33H36FN3O6/c1-42-29-6-2-5-23-18-24(20-43-31(23)29)33(41)37-15-3-7-30(39)35-14-12-21-8-11-28(38)25(17-21)22-9-10-27(34)26(19-22)32(40)36-13-4-16-37/h2,5-6,8-11,17,19,24,38H,3-4,7,12-16,18,20H2,1H3,(H,35,39)(H,36,40). The Morgan fingerprint density at radius 2 is 1.84 bits per heavy atom. The second-order valence-corrected chi connectivity index (χ2v) is 10.8. The molecule has 0 saturated carbocycles. The van der Waals surface area contributed by atoms with E-state index in [-0.39, 0.29) is 42.7 Å². The molecule has 3 amide bonds. The summed E-state index contributed by atoms with van der Waals surface area (Å²) in [7, 11) is 1.58. The second kappa shape index (κ2) is 13.6. The number of benzene rings is 3. The number of nitrogens with zero attached hydrogens (tertiary/aromatic N) is 1. The fourth-order valence-electron chi connectivity index (χ4n) is 5.57. The average Bonchev–Trinajstić information content (AvgIpc) is 3.01. The Bertz CT molecular complexity index is 1510. The smallest absolute Gasteiger partial charge is 0.254 e. The number of amides is 3. The number of methoxy groups -OCH3 is 1. The summed E-state index contributed by atoms with van der Waals surface area (Å²) in [4.78, 5) is 40.9. The van der Waals surface area contributed by atoms with Gasteiger partial charge in [0.1, 0.15) is 18.2 Å². The first-order chi connectivity index (χ1) is 20.8. The van der Waals surface area contributed by atoms with Gasteiger partial charge >= 0.3 is 0 Å². The molecular formula is C33H36FN3O6. The maximum atomic E-state index is 14.7. The normalized spacial score (nSPS) is 18.1. The van der Waals surface area contributed by atoms with Crippen LogP contribution in [-0.2, 0) is 22.4 Å². The number of carbonyl (C=O) groups is 3. The number of phenolic OH excluding ortho intramolecular Hbond substituents is 1. The fourth-order valence-corrected chi connectivity index (χ4v) is 5.57. The van der Waals surface area contributed by atoms with E-state index in [1.165, 1.54) is 18.2 Å². The van der Waals surface area contributed by atoms with Crippen LogP contribution in [0.1, 0.15) is 40.7 Å². The van der Waals surface area contributed by atoms with Crippen molar-refractivity contribution in [2.24, 2.45) is 5.92 Å². The molecule has 3 N–H and O–H groups in total. The first-order valence-corrected chi connectivity index (χ1v) is 14.6. The maximum absolute atomic E-state index is 14.7. The minimum absolute atomic E-state index is 0.00685. The van der Waals surface area contributed by atoms with E-state index in [0.717, 1.165) is 11.1 Å². The van der Waals surface area contributed by atoms with Crippen LogP contribution in [0.15, 0.2) is 54.6 Å². The average molecular weight is 590 g/mol. The predicted molar refractivity (Wildman–Crippen MR) is 159 cm³/mol. The zero-order valence-corrected chi connectivity index (χ0v) is 24.2. The van der Waals surface area contributed by atoms with Gasteiger partial charge < -0.3 is 30.1 Å². The van der Waals surface area contributed by atoms with Gasteiger partial charge in [0.25, 0.3) is 5.91 Å². The van der Waals surface area contributed by atoms with E-state index in [9.17, 15) is 23.9 Å². The molecule has 10 heteroatoms. The quantitative estimate of drug-likeness (QED) is 0.418. The largest absolute Gasteiger partial charge is 0.507 e. The highest BCUT2D eigenvalue weighted by molar-refractivity contribution is 5.96. The fraction of sp³-hybridized carbons (Fsp3) is 0.364. The molecule has 0 aliphatic carbocycles. The third-order valence-electron chi connectivity index (χ3n) is 7.88. The highest BCUT2D eigenvalue weighted by Gasteiger charge is 2.31. The highest BCUT2D eigenvalue weighted by atomic mass is 19.1. The Labute approximate surface area is 250 Å². The minimum atomic E-state index is -0.670. The van der Waals surface area contributed by atoms with Gasteiger partial charge in [0.2, 0.25) is 11.8 Å². The van der Waals surface area contributed by atoms with Crippen LogP contribution in [0.3, 0.4) is 0 Å². The van der Waals surface area contributed by atoms with Crippen LogP contribution in [0.2, 0.25) is 0 Å². The zero-order chi connectivity index (χ0) is 30.3. The van der Waals surface area contributed by atoms with E-state index in [0.29, 0.717) is 67.9 Å². The molecule has 3 aromatic rings. The molecule has 43 heavy (non-hydrogen) atoms. The van der Waals surface area contributed by atoms with Crippen molar-refractivity contribution < 1.29 is 33.4 Å². The molecule has 4 bridgehead atoms. The van der Waals surface area contributed by atoms with E-state index in [1.54, 1.807) is 30.2 Å². The number of nitrogens with one attached hydrogen (secondary N) is 2. The van der Waals surface area contributed by atoms with Crippen LogP contribution in [0.5, 0.6) is 17.2 Å². The van der Waals surface area contributed by atoms with E-state index < -0.39 is 17.6 Å². The van der Waals surface area contributed by atoms with Crippen molar-refractivity contribution in [3.63, 3.8) is 0 Å².